The number of benzene rings is 1. The van der Waals surface area contributed by atoms with Crippen molar-refractivity contribution in [2.45, 2.75) is 38.8 Å². The van der Waals surface area contributed by atoms with E-state index < -0.39 is 12.1 Å². The van der Waals surface area contributed by atoms with Gasteiger partial charge in [-0.25, -0.2) is 0 Å². The summed E-state index contributed by atoms with van der Waals surface area (Å²) in [5.74, 6) is 0.664. The van der Waals surface area contributed by atoms with E-state index in [0.717, 1.165) is 10.9 Å². The van der Waals surface area contributed by atoms with Crippen LogP contribution in [0.15, 0.2) is 22.7 Å². The molecule has 2 atom stereocenters. The van der Waals surface area contributed by atoms with Gasteiger partial charge in [-0.05, 0) is 37.0 Å². The maximum atomic E-state index is 9.98. The number of phenolic OH excluding ortho intramolecular Hbond substituents is 1. The van der Waals surface area contributed by atoms with Crippen LogP contribution >= 0.6 is 28.3 Å². The molecule has 0 radical (unpaired) electrons. The average molecular weight is 339 g/mol. The third-order valence-corrected chi connectivity index (χ3v) is 3.30. The molecule has 0 aliphatic carbocycles. The van der Waals surface area contributed by atoms with Crippen LogP contribution in [-0.2, 0) is 0 Å². The van der Waals surface area contributed by atoms with Crippen molar-refractivity contribution in [3.8, 4) is 5.75 Å². The van der Waals surface area contributed by atoms with Crippen LogP contribution in [0.1, 0.15) is 38.3 Å². The van der Waals surface area contributed by atoms with E-state index in [1.54, 1.807) is 18.2 Å². The predicted octanol–water partition coefficient (Wildman–Crippen LogP) is 3.37. The normalized spacial score (nSPS) is 14.1. The Balaban J connectivity index is 0.00000289. The van der Waals surface area contributed by atoms with Crippen molar-refractivity contribution in [2.24, 2.45) is 11.7 Å². The topological polar surface area (TPSA) is 66.5 Å². The zero-order chi connectivity index (χ0) is 13.0. The Hall–Kier alpha value is -0.290. The number of hydrogen-bond acceptors (Lipinski definition) is 3. The van der Waals surface area contributed by atoms with Gasteiger partial charge in [-0.2, -0.15) is 0 Å². The van der Waals surface area contributed by atoms with E-state index >= 15 is 0 Å². The molecule has 1 aromatic carbocycles. The van der Waals surface area contributed by atoms with Crippen molar-refractivity contribution >= 4 is 28.3 Å². The van der Waals surface area contributed by atoms with Gasteiger partial charge in [0.15, 0.2) is 0 Å². The third kappa shape index (κ3) is 5.14. The quantitative estimate of drug-likeness (QED) is 0.771. The maximum absolute atomic E-state index is 9.98. The summed E-state index contributed by atoms with van der Waals surface area (Å²) in [5, 5.41) is 19.7. The second kappa shape index (κ2) is 8.00. The molecule has 0 aromatic heterocycles. The van der Waals surface area contributed by atoms with Crippen LogP contribution in [-0.4, -0.2) is 16.3 Å². The lowest BCUT2D eigenvalue weighted by atomic mass is 9.95. The first kappa shape index (κ1) is 17.7. The van der Waals surface area contributed by atoms with E-state index in [2.05, 4.69) is 29.8 Å². The summed E-state index contributed by atoms with van der Waals surface area (Å²) in [6, 6.07) is 4.52. The highest BCUT2D eigenvalue weighted by Crippen LogP contribution is 2.29. The molecule has 0 spiro atoms. The van der Waals surface area contributed by atoms with E-state index in [4.69, 9.17) is 5.73 Å². The van der Waals surface area contributed by atoms with E-state index in [-0.39, 0.29) is 18.2 Å². The van der Waals surface area contributed by atoms with Gasteiger partial charge in [-0.3, -0.25) is 0 Å². The molecule has 18 heavy (non-hydrogen) atoms. The second-order valence-corrected chi connectivity index (χ2v) is 5.68. The van der Waals surface area contributed by atoms with Crippen LogP contribution < -0.4 is 5.73 Å². The highest BCUT2D eigenvalue weighted by molar-refractivity contribution is 9.10. The molecule has 0 saturated carbocycles. The van der Waals surface area contributed by atoms with Gasteiger partial charge in [-0.1, -0.05) is 29.8 Å². The molecule has 104 valence electrons. The molecule has 1 aromatic rings. The van der Waals surface area contributed by atoms with Gasteiger partial charge in [0.05, 0.1) is 12.1 Å². The Labute approximate surface area is 123 Å². The SMILES string of the molecule is CC(C)CC[C@H](O)[C@H](N)c1cc(Br)ccc1O.Cl. The Morgan fingerprint density at radius 2 is 1.89 bits per heavy atom. The molecular formula is C13H21BrClNO2. The van der Waals surface area contributed by atoms with Gasteiger partial charge in [-0.15, -0.1) is 12.4 Å². The van der Waals surface area contributed by atoms with Crippen LogP contribution in [0.3, 0.4) is 0 Å². The number of hydrogen-bond donors (Lipinski definition) is 3. The Bertz CT molecular complexity index is 374. The zero-order valence-corrected chi connectivity index (χ0v) is 13.0. The first-order valence-electron chi connectivity index (χ1n) is 5.84. The highest BCUT2D eigenvalue weighted by atomic mass is 79.9. The number of aromatic hydroxyl groups is 1. The van der Waals surface area contributed by atoms with Crippen LogP contribution in [0.25, 0.3) is 0 Å². The molecule has 4 N–H and O–H groups in total. The van der Waals surface area contributed by atoms with E-state index in [1.807, 2.05) is 0 Å². The summed E-state index contributed by atoms with van der Waals surface area (Å²) in [7, 11) is 0. The van der Waals surface area contributed by atoms with Crippen molar-refractivity contribution in [1.29, 1.82) is 0 Å². The smallest absolute Gasteiger partial charge is 0.120 e. The average Bonchev–Trinajstić information content (AvgIpc) is 2.28. The number of rotatable bonds is 5. The number of halogens is 2. The molecule has 0 aliphatic rings. The van der Waals surface area contributed by atoms with Gasteiger partial charge in [0.25, 0.3) is 0 Å². The van der Waals surface area contributed by atoms with Crippen molar-refractivity contribution in [3.63, 3.8) is 0 Å². The first-order valence-corrected chi connectivity index (χ1v) is 6.63. The summed E-state index contributed by atoms with van der Waals surface area (Å²) in [6.07, 6.45) is 0.937. The molecule has 0 unspecified atom stereocenters. The fourth-order valence-corrected chi connectivity index (χ4v) is 2.06. The maximum Gasteiger partial charge on any atom is 0.120 e. The lowest BCUT2D eigenvalue weighted by Crippen LogP contribution is -2.26. The molecule has 0 saturated heterocycles. The van der Waals surface area contributed by atoms with Crippen molar-refractivity contribution < 1.29 is 10.2 Å². The van der Waals surface area contributed by atoms with Gasteiger partial charge in [0.1, 0.15) is 5.75 Å². The Morgan fingerprint density at radius 1 is 1.28 bits per heavy atom. The number of nitrogens with two attached hydrogens (primary N) is 1. The second-order valence-electron chi connectivity index (χ2n) is 4.77. The third-order valence-electron chi connectivity index (χ3n) is 2.80. The van der Waals surface area contributed by atoms with Crippen LogP contribution in [0.5, 0.6) is 5.75 Å². The fourth-order valence-electron chi connectivity index (χ4n) is 1.68. The fraction of sp³-hybridized carbons (Fsp3) is 0.538. The predicted molar refractivity (Wildman–Crippen MR) is 80.1 cm³/mol. The van der Waals surface area contributed by atoms with E-state index in [0.29, 0.717) is 17.9 Å². The molecule has 3 nitrogen and oxygen atoms in total. The van der Waals surface area contributed by atoms with Crippen LogP contribution in [0.2, 0.25) is 0 Å². The van der Waals surface area contributed by atoms with Gasteiger partial charge >= 0.3 is 0 Å². The van der Waals surface area contributed by atoms with Crippen LogP contribution in [0.4, 0.5) is 0 Å². The largest absolute Gasteiger partial charge is 0.508 e. The number of aliphatic hydroxyl groups is 1. The van der Waals surface area contributed by atoms with Gasteiger partial charge < -0.3 is 15.9 Å². The molecule has 0 fully saturated rings. The van der Waals surface area contributed by atoms with Crippen molar-refractivity contribution in [2.75, 3.05) is 0 Å². The van der Waals surface area contributed by atoms with Crippen LogP contribution in [0, 0.1) is 5.92 Å². The van der Waals surface area contributed by atoms with Crippen molar-refractivity contribution in [1.82, 2.24) is 0 Å². The van der Waals surface area contributed by atoms with Crippen molar-refractivity contribution in [3.05, 3.63) is 28.2 Å². The Morgan fingerprint density at radius 3 is 2.44 bits per heavy atom. The first-order chi connectivity index (χ1) is 7.91. The summed E-state index contributed by atoms with van der Waals surface area (Å²) in [6.45, 7) is 4.21. The number of phenols is 1. The standard InChI is InChI=1S/C13H20BrNO2.ClH/c1-8(2)3-5-12(17)13(15)10-7-9(14)4-6-11(10)16;/h4,6-8,12-13,16-17H,3,5,15H2,1-2H3;1H/t12-,13+;/m0./s1. The van der Waals surface area contributed by atoms with Gasteiger partial charge in [0, 0.05) is 10.0 Å². The molecular weight excluding hydrogens is 318 g/mol. The minimum atomic E-state index is -0.627. The molecule has 0 amide bonds. The molecule has 0 aliphatic heterocycles. The van der Waals surface area contributed by atoms with E-state index in [9.17, 15) is 10.2 Å². The Kier molecular flexibility index (Phi) is 7.87. The summed E-state index contributed by atoms with van der Waals surface area (Å²) in [4.78, 5) is 0. The number of aliphatic hydroxyl groups excluding tert-OH is 1. The summed E-state index contributed by atoms with van der Waals surface area (Å²) >= 11 is 3.33. The lowest BCUT2D eigenvalue weighted by Gasteiger charge is -2.21. The summed E-state index contributed by atoms with van der Waals surface area (Å²) < 4.78 is 0.844. The monoisotopic (exact) mass is 337 g/mol. The molecule has 1 rings (SSSR count). The zero-order valence-electron chi connectivity index (χ0n) is 10.6. The van der Waals surface area contributed by atoms with E-state index in [1.165, 1.54) is 0 Å². The molecule has 5 heteroatoms. The minimum Gasteiger partial charge on any atom is -0.508 e. The highest BCUT2D eigenvalue weighted by Gasteiger charge is 2.20. The summed E-state index contributed by atoms with van der Waals surface area (Å²) in [5.41, 5.74) is 6.54. The minimum absolute atomic E-state index is 0. The molecule has 0 bridgehead atoms. The molecule has 0 heterocycles. The van der Waals surface area contributed by atoms with Gasteiger partial charge in [0.2, 0.25) is 0 Å². The lowest BCUT2D eigenvalue weighted by molar-refractivity contribution is 0.127.